The Morgan fingerprint density at radius 1 is 1.03 bits per heavy atom. The van der Waals surface area contributed by atoms with Crippen LogP contribution in [-0.2, 0) is 22.6 Å². The number of rotatable bonds is 5. The van der Waals surface area contributed by atoms with E-state index in [2.05, 4.69) is 13.0 Å². The summed E-state index contributed by atoms with van der Waals surface area (Å²) in [6.45, 7) is 3.89. The van der Waals surface area contributed by atoms with Crippen molar-refractivity contribution in [3.8, 4) is 0 Å². The van der Waals surface area contributed by atoms with Gasteiger partial charge in [0.15, 0.2) is 5.16 Å². The highest BCUT2D eigenvalue weighted by atomic mass is 32.2. The summed E-state index contributed by atoms with van der Waals surface area (Å²) in [6.07, 6.45) is 4.22. The van der Waals surface area contributed by atoms with E-state index in [1.807, 2.05) is 56.8 Å². The second kappa shape index (κ2) is 8.98. The van der Waals surface area contributed by atoms with E-state index in [-0.39, 0.29) is 18.4 Å². The predicted octanol–water partition coefficient (Wildman–Crippen LogP) is 4.12. The zero-order chi connectivity index (χ0) is 22.1. The summed E-state index contributed by atoms with van der Waals surface area (Å²) in [5, 5.41) is 0.727. The topological polar surface area (TPSA) is 58.4 Å². The largest absolute Gasteiger partial charge is 0.339 e. The molecule has 0 N–H and O–H groups in total. The van der Waals surface area contributed by atoms with Crippen LogP contribution in [-0.4, -0.2) is 51.1 Å². The minimum atomic E-state index is 0.0518. The molecule has 7 heteroatoms. The van der Waals surface area contributed by atoms with Crippen LogP contribution in [0.1, 0.15) is 31.7 Å². The quantitative estimate of drug-likeness (QED) is 0.551. The Balaban J connectivity index is 1.36. The molecule has 2 amide bonds. The van der Waals surface area contributed by atoms with Gasteiger partial charge >= 0.3 is 0 Å². The first-order chi connectivity index (χ1) is 15.6. The predicted molar refractivity (Wildman–Crippen MR) is 128 cm³/mol. The Kier molecular flexibility index (Phi) is 5.91. The number of benzene rings is 2. The van der Waals surface area contributed by atoms with Crippen LogP contribution < -0.4 is 4.90 Å². The van der Waals surface area contributed by atoms with Crippen LogP contribution in [0, 0.1) is 0 Å². The number of likely N-dealkylation sites (tertiary alicyclic amines) is 1. The third-order valence-electron chi connectivity index (χ3n) is 6.55. The van der Waals surface area contributed by atoms with E-state index in [1.54, 1.807) is 0 Å². The lowest BCUT2D eigenvalue weighted by Gasteiger charge is -2.33. The molecule has 2 aliphatic heterocycles. The Morgan fingerprint density at radius 3 is 2.72 bits per heavy atom. The van der Waals surface area contributed by atoms with Crippen LogP contribution >= 0.6 is 11.8 Å². The second-order valence-corrected chi connectivity index (χ2v) is 9.56. The summed E-state index contributed by atoms with van der Waals surface area (Å²) >= 11 is 1.44. The van der Waals surface area contributed by atoms with Crippen molar-refractivity contribution in [2.45, 2.75) is 50.4 Å². The summed E-state index contributed by atoms with van der Waals surface area (Å²) in [5.41, 5.74) is 4.00. The van der Waals surface area contributed by atoms with E-state index in [0.717, 1.165) is 47.7 Å². The van der Waals surface area contributed by atoms with Crippen LogP contribution in [0.4, 0.5) is 5.69 Å². The number of carbonyl (C=O) groups excluding carboxylic acids is 2. The monoisotopic (exact) mass is 448 g/mol. The molecule has 0 aliphatic carbocycles. The van der Waals surface area contributed by atoms with E-state index in [0.29, 0.717) is 18.3 Å². The first-order valence-corrected chi connectivity index (χ1v) is 12.4. The van der Waals surface area contributed by atoms with E-state index in [1.165, 1.54) is 23.7 Å². The van der Waals surface area contributed by atoms with Crippen LogP contribution in [0.3, 0.4) is 0 Å². The number of anilines is 1. The van der Waals surface area contributed by atoms with E-state index < -0.39 is 0 Å². The van der Waals surface area contributed by atoms with Gasteiger partial charge in [0, 0.05) is 24.8 Å². The molecule has 0 saturated carbocycles. The highest BCUT2D eigenvalue weighted by molar-refractivity contribution is 7.99. The maximum absolute atomic E-state index is 13.3. The fourth-order valence-electron chi connectivity index (χ4n) is 4.81. The van der Waals surface area contributed by atoms with Crippen molar-refractivity contribution in [1.29, 1.82) is 0 Å². The summed E-state index contributed by atoms with van der Waals surface area (Å²) in [4.78, 5) is 34.8. The SMILES string of the molecule is C[C@@H]1CCCCN1C(=O)CSc1nc2ccccc2n1CC(=O)N1CCc2ccccc21. The van der Waals surface area contributed by atoms with Gasteiger partial charge < -0.3 is 14.4 Å². The van der Waals surface area contributed by atoms with Crippen LogP contribution in [0.15, 0.2) is 53.7 Å². The summed E-state index contributed by atoms with van der Waals surface area (Å²) < 4.78 is 1.97. The van der Waals surface area contributed by atoms with Crippen LogP contribution in [0.2, 0.25) is 0 Å². The molecule has 1 saturated heterocycles. The number of hydrogen-bond acceptors (Lipinski definition) is 4. The molecule has 3 aromatic rings. The maximum atomic E-state index is 13.3. The number of piperidine rings is 1. The van der Waals surface area contributed by atoms with Gasteiger partial charge in [-0.3, -0.25) is 9.59 Å². The first-order valence-electron chi connectivity index (χ1n) is 11.4. The van der Waals surface area contributed by atoms with Gasteiger partial charge in [-0.1, -0.05) is 42.1 Å². The fraction of sp³-hybridized carbons (Fsp3) is 0.400. The Labute approximate surface area is 192 Å². The average Bonchev–Trinajstić information content (AvgIpc) is 3.39. The van der Waals surface area contributed by atoms with Gasteiger partial charge in [0.2, 0.25) is 11.8 Å². The molecule has 1 aromatic heterocycles. The van der Waals surface area contributed by atoms with E-state index in [4.69, 9.17) is 4.98 Å². The molecule has 3 heterocycles. The number of fused-ring (bicyclic) bond motifs is 2. The van der Waals surface area contributed by atoms with Crippen molar-refractivity contribution < 1.29 is 9.59 Å². The molecule has 5 rings (SSSR count). The zero-order valence-electron chi connectivity index (χ0n) is 18.4. The minimum Gasteiger partial charge on any atom is -0.339 e. The summed E-state index contributed by atoms with van der Waals surface area (Å²) in [5.74, 6) is 0.547. The highest BCUT2D eigenvalue weighted by Gasteiger charge is 2.27. The van der Waals surface area contributed by atoms with Crippen LogP contribution in [0.25, 0.3) is 11.0 Å². The molecular formula is C25H28N4O2S. The van der Waals surface area contributed by atoms with Gasteiger partial charge in [-0.25, -0.2) is 4.98 Å². The summed E-state index contributed by atoms with van der Waals surface area (Å²) in [7, 11) is 0. The van der Waals surface area contributed by atoms with Crippen molar-refractivity contribution in [3.05, 3.63) is 54.1 Å². The minimum absolute atomic E-state index is 0.0518. The molecule has 0 radical (unpaired) electrons. The maximum Gasteiger partial charge on any atom is 0.247 e. The molecule has 0 spiro atoms. The lowest BCUT2D eigenvalue weighted by Crippen LogP contribution is -2.43. The molecule has 1 atom stereocenters. The van der Waals surface area contributed by atoms with Gasteiger partial charge in [0.1, 0.15) is 6.54 Å². The number of para-hydroxylation sites is 3. The smallest absolute Gasteiger partial charge is 0.247 e. The molecule has 2 aromatic carbocycles. The Bertz CT molecular complexity index is 1160. The number of carbonyl (C=O) groups is 2. The normalized spacial score (nSPS) is 18.2. The number of aromatic nitrogens is 2. The zero-order valence-corrected chi connectivity index (χ0v) is 19.2. The van der Waals surface area contributed by atoms with Crippen molar-refractivity contribution in [3.63, 3.8) is 0 Å². The van der Waals surface area contributed by atoms with Crippen LogP contribution in [0.5, 0.6) is 0 Å². The highest BCUT2D eigenvalue weighted by Crippen LogP contribution is 2.30. The van der Waals surface area contributed by atoms with Crippen molar-refractivity contribution >= 4 is 40.3 Å². The van der Waals surface area contributed by atoms with Crippen molar-refractivity contribution in [1.82, 2.24) is 14.5 Å². The first kappa shape index (κ1) is 21.1. The standard InChI is InChI=1S/C25H28N4O2S/c1-18-8-6-7-14-27(18)24(31)17-32-25-26-20-10-3-5-12-22(20)29(25)16-23(30)28-15-13-19-9-2-4-11-21(19)28/h2-5,9-12,18H,6-8,13-17H2,1H3/t18-/m1/s1. The number of amides is 2. The molecule has 2 aliphatic rings. The summed E-state index contributed by atoms with van der Waals surface area (Å²) in [6, 6.07) is 16.3. The number of nitrogens with zero attached hydrogens (tertiary/aromatic N) is 4. The van der Waals surface area contributed by atoms with E-state index in [9.17, 15) is 9.59 Å². The molecule has 6 nitrogen and oxygen atoms in total. The molecule has 166 valence electrons. The van der Waals surface area contributed by atoms with Crippen molar-refractivity contribution in [2.75, 3.05) is 23.7 Å². The molecular weight excluding hydrogens is 420 g/mol. The van der Waals surface area contributed by atoms with Gasteiger partial charge in [-0.15, -0.1) is 0 Å². The second-order valence-electron chi connectivity index (χ2n) is 8.61. The lowest BCUT2D eigenvalue weighted by atomic mass is 10.0. The molecule has 0 unspecified atom stereocenters. The Morgan fingerprint density at radius 2 is 1.84 bits per heavy atom. The number of imidazole rings is 1. The molecule has 1 fully saturated rings. The fourth-order valence-corrected chi connectivity index (χ4v) is 5.71. The molecule has 0 bridgehead atoms. The van der Waals surface area contributed by atoms with E-state index >= 15 is 0 Å². The third-order valence-corrected chi connectivity index (χ3v) is 7.51. The van der Waals surface area contributed by atoms with Gasteiger partial charge in [0.25, 0.3) is 0 Å². The number of hydrogen-bond donors (Lipinski definition) is 0. The number of thioether (sulfide) groups is 1. The van der Waals surface area contributed by atoms with Gasteiger partial charge in [-0.2, -0.15) is 0 Å². The average molecular weight is 449 g/mol. The Hall–Kier alpha value is -2.80. The van der Waals surface area contributed by atoms with Gasteiger partial charge in [-0.05, 0) is 56.4 Å². The lowest BCUT2D eigenvalue weighted by molar-refractivity contribution is -0.131. The van der Waals surface area contributed by atoms with Crippen molar-refractivity contribution in [2.24, 2.45) is 0 Å². The molecule has 32 heavy (non-hydrogen) atoms. The third kappa shape index (κ3) is 4.01. The van der Waals surface area contributed by atoms with Gasteiger partial charge in [0.05, 0.1) is 16.8 Å².